The van der Waals surface area contributed by atoms with Gasteiger partial charge in [-0.3, -0.25) is 9.48 Å². The molecule has 7 aromatic rings. The Bertz CT molecular complexity index is 2290. The van der Waals surface area contributed by atoms with Crippen LogP contribution in [0, 0.1) is 6.92 Å². The highest BCUT2D eigenvalue weighted by molar-refractivity contribution is 7.13. The van der Waals surface area contributed by atoms with Crippen molar-refractivity contribution in [2.24, 2.45) is 0 Å². The minimum absolute atomic E-state index is 0.176. The summed E-state index contributed by atoms with van der Waals surface area (Å²) < 4.78 is 14.8. The number of anilines is 2. The maximum atomic E-state index is 13.7. The van der Waals surface area contributed by atoms with Gasteiger partial charge < -0.3 is 19.4 Å². The van der Waals surface area contributed by atoms with Crippen LogP contribution in [-0.4, -0.2) is 59.8 Å². The Morgan fingerprint density at radius 2 is 2.04 bits per heavy atom. The van der Waals surface area contributed by atoms with Crippen molar-refractivity contribution in [2.45, 2.75) is 39.4 Å². The number of benzene rings is 2. The number of aryl methyl sites for hydroxylation is 2. The fraction of sp³-hybridized carbons (Fsp3) is 0.229. The zero-order valence-electron chi connectivity index (χ0n) is 27.1. The molecule has 0 radical (unpaired) electrons. The number of thiazole rings is 1. The van der Waals surface area contributed by atoms with Crippen LogP contribution in [0.5, 0.6) is 6.01 Å². The molecule has 1 aliphatic rings. The van der Waals surface area contributed by atoms with Crippen LogP contribution in [0.2, 0.25) is 0 Å². The smallest absolute Gasteiger partial charge is 0.318 e. The summed E-state index contributed by atoms with van der Waals surface area (Å²) in [5, 5.41) is 20.6. The van der Waals surface area contributed by atoms with Crippen LogP contribution in [0.15, 0.2) is 76.8 Å². The van der Waals surface area contributed by atoms with E-state index in [-0.39, 0.29) is 5.91 Å². The summed E-state index contributed by atoms with van der Waals surface area (Å²) in [5.74, 6) is 1.24. The molecule has 5 aromatic heterocycles. The number of para-hydroxylation sites is 1. The van der Waals surface area contributed by atoms with Crippen LogP contribution >= 0.6 is 11.3 Å². The van der Waals surface area contributed by atoms with Gasteiger partial charge in [0.15, 0.2) is 10.8 Å². The van der Waals surface area contributed by atoms with Crippen LogP contribution in [0.4, 0.5) is 11.5 Å². The third-order valence-electron chi connectivity index (χ3n) is 8.64. The Balaban J connectivity index is 0.993. The number of nitrogens with one attached hydrogen (secondary N) is 1. The third kappa shape index (κ3) is 5.91. The van der Waals surface area contributed by atoms with Gasteiger partial charge in [0.1, 0.15) is 17.1 Å². The van der Waals surface area contributed by atoms with Gasteiger partial charge in [0.25, 0.3) is 5.91 Å². The summed E-state index contributed by atoms with van der Waals surface area (Å²) >= 11 is 1.49. The zero-order chi connectivity index (χ0) is 33.5. The SMILES string of the molecule is COc1nccc(N(C)c2ccc(C)c(-c3cn(Cc4nn5c(c4C(=O)NCc4csc(-c6cc7ccccc7o6)n4)CCC5)nn3)c2)n1. The van der Waals surface area contributed by atoms with E-state index in [1.165, 1.54) is 11.3 Å². The maximum Gasteiger partial charge on any atom is 0.318 e. The average Bonchev–Trinajstić information content (AvgIpc) is 3.96. The molecular weight excluding hydrogens is 641 g/mol. The van der Waals surface area contributed by atoms with Crippen LogP contribution in [0.1, 0.15) is 39.4 Å². The Hall–Kier alpha value is -5.89. The first-order valence-electron chi connectivity index (χ1n) is 15.9. The summed E-state index contributed by atoms with van der Waals surface area (Å²) in [6, 6.07) is 18.1. The largest absolute Gasteiger partial charge is 0.467 e. The first-order chi connectivity index (χ1) is 23.9. The van der Waals surface area contributed by atoms with Gasteiger partial charge in [-0.15, -0.1) is 16.4 Å². The molecule has 0 aliphatic carbocycles. The van der Waals surface area contributed by atoms with Gasteiger partial charge in [0.05, 0.1) is 49.0 Å². The van der Waals surface area contributed by atoms with Crippen molar-refractivity contribution in [3.63, 3.8) is 0 Å². The van der Waals surface area contributed by atoms with E-state index in [1.54, 1.807) is 18.0 Å². The molecule has 13 nitrogen and oxygen atoms in total. The molecule has 49 heavy (non-hydrogen) atoms. The van der Waals surface area contributed by atoms with E-state index in [2.05, 4.69) is 31.7 Å². The van der Waals surface area contributed by atoms with Crippen LogP contribution < -0.4 is 15.0 Å². The number of ether oxygens (including phenoxy) is 1. The predicted molar refractivity (Wildman–Crippen MR) is 185 cm³/mol. The predicted octanol–water partition coefficient (Wildman–Crippen LogP) is 5.81. The molecular formula is C35H32N10O3S. The molecule has 8 rings (SSSR count). The highest BCUT2D eigenvalue weighted by atomic mass is 32.1. The molecule has 246 valence electrons. The van der Waals surface area contributed by atoms with Crippen molar-refractivity contribution in [2.75, 3.05) is 19.1 Å². The van der Waals surface area contributed by atoms with Crippen molar-refractivity contribution in [1.82, 2.24) is 45.0 Å². The Morgan fingerprint density at radius 1 is 1.14 bits per heavy atom. The average molecular weight is 673 g/mol. The lowest BCUT2D eigenvalue weighted by Crippen LogP contribution is -2.25. The highest BCUT2D eigenvalue weighted by Gasteiger charge is 2.27. The lowest BCUT2D eigenvalue weighted by molar-refractivity contribution is 0.0948. The lowest BCUT2D eigenvalue weighted by Gasteiger charge is -2.19. The number of carbonyl (C=O) groups is 1. The standard InChI is InChI=1S/C35H32N10O3S/c1-21-10-11-24(43(2)31-12-13-36-35(39-31)47-3)16-25(21)26-18-44(42-40-26)19-27-32(28-8-6-14-45(28)41-27)33(46)37-17-23-20-49-34(38-23)30-15-22-7-4-5-9-29(22)48-30/h4-5,7,9-13,15-16,18,20H,6,8,14,17,19H2,1-3H3,(H,37,46). The molecule has 0 bridgehead atoms. The van der Waals surface area contributed by atoms with Gasteiger partial charge in [-0.05, 0) is 55.7 Å². The third-order valence-corrected chi connectivity index (χ3v) is 9.54. The highest BCUT2D eigenvalue weighted by Crippen LogP contribution is 2.32. The van der Waals surface area contributed by atoms with E-state index in [0.29, 0.717) is 41.9 Å². The molecule has 6 heterocycles. The lowest BCUT2D eigenvalue weighted by atomic mass is 10.0. The molecule has 0 unspecified atom stereocenters. The van der Waals surface area contributed by atoms with E-state index in [4.69, 9.17) is 19.2 Å². The number of nitrogens with zero attached hydrogens (tertiary/aromatic N) is 9. The summed E-state index contributed by atoms with van der Waals surface area (Å²) in [6.45, 7) is 3.42. The minimum atomic E-state index is -0.176. The zero-order valence-corrected chi connectivity index (χ0v) is 27.9. The van der Waals surface area contributed by atoms with E-state index >= 15 is 0 Å². The number of fused-ring (bicyclic) bond motifs is 2. The van der Waals surface area contributed by atoms with Crippen LogP contribution in [-0.2, 0) is 26.1 Å². The van der Waals surface area contributed by atoms with Gasteiger partial charge in [-0.25, -0.2) is 14.6 Å². The van der Waals surface area contributed by atoms with E-state index < -0.39 is 0 Å². The Morgan fingerprint density at radius 3 is 2.92 bits per heavy atom. The molecule has 0 saturated carbocycles. The summed E-state index contributed by atoms with van der Waals surface area (Å²) in [6.07, 6.45) is 5.30. The van der Waals surface area contributed by atoms with E-state index in [1.807, 2.05) is 83.7 Å². The monoisotopic (exact) mass is 672 g/mol. The Kier molecular flexibility index (Phi) is 7.84. The first-order valence-corrected chi connectivity index (χ1v) is 16.7. The Labute approximate surface area is 285 Å². The molecule has 1 N–H and O–H groups in total. The number of furan rings is 1. The number of aromatic nitrogens is 8. The van der Waals surface area contributed by atoms with Crippen molar-refractivity contribution < 1.29 is 13.9 Å². The number of rotatable bonds is 10. The van der Waals surface area contributed by atoms with E-state index in [9.17, 15) is 4.79 Å². The second-order valence-electron chi connectivity index (χ2n) is 11.8. The van der Waals surface area contributed by atoms with Gasteiger partial charge in [0.2, 0.25) is 0 Å². The molecule has 2 aromatic carbocycles. The van der Waals surface area contributed by atoms with Crippen LogP contribution in [0.3, 0.4) is 0 Å². The number of hydrogen-bond acceptors (Lipinski definition) is 11. The molecule has 0 fully saturated rings. The van der Waals surface area contributed by atoms with Crippen molar-refractivity contribution in [1.29, 1.82) is 0 Å². The topological polar surface area (TPSA) is 142 Å². The molecule has 14 heteroatoms. The summed E-state index contributed by atoms with van der Waals surface area (Å²) in [4.78, 5) is 28.9. The molecule has 0 saturated heterocycles. The van der Waals surface area contributed by atoms with Crippen LogP contribution in [0.25, 0.3) is 33.0 Å². The van der Waals surface area contributed by atoms with Gasteiger partial charge in [-0.2, -0.15) is 10.1 Å². The fourth-order valence-electron chi connectivity index (χ4n) is 6.10. The first kappa shape index (κ1) is 30.4. The second kappa shape index (κ2) is 12.6. The van der Waals surface area contributed by atoms with E-state index in [0.717, 1.165) is 69.3 Å². The molecule has 1 amide bonds. The number of hydrogen-bond donors (Lipinski definition) is 1. The van der Waals surface area contributed by atoms with Gasteiger partial charge >= 0.3 is 6.01 Å². The maximum absolute atomic E-state index is 13.7. The quantitative estimate of drug-likeness (QED) is 0.189. The summed E-state index contributed by atoms with van der Waals surface area (Å²) in [7, 11) is 3.48. The van der Waals surface area contributed by atoms with Crippen molar-refractivity contribution in [3.05, 3.63) is 101 Å². The fourth-order valence-corrected chi connectivity index (χ4v) is 6.87. The number of carbonyl (C=O) groups excluding carboxylic acids is 1. The second-order valence-corrected chi connectivity index (χ2v) is 12.7. The summed E-state index contributed by atoms with van der Waals surface area (Å²) in [5.41, 5.74) is 7.42. The minimum Gasteiger partial charge on any atom is -0.467 e. The van der Waals surface area contributed by atoms with Crippen molar-refractivity contribution >= 4 is 39.7 Å². The normalized spacial score (nSPS) is 12.4. The number of methoxy groups -OCH3 is 1. The van der Waals surface area contributed by atoms with Crippen molar-refractivity contribution in [3.8, 4) is 28.0 Å². The van der Waals surface area contributed by atoms with Gasteiger partial charge in [-0.1, -0.05) is 29.5 Å². The van der Waals surface area contributed by atoms with Gasteiger partial charge in [0, 0.05) is 41.8 Å². The number of amides is 1. The molecule has 0 spiro atoms. The molecule has 0 atom stereocenters. The molecule has 1 aliphatic heterocycles.